The molecule has 0 amide bonds. The minimum atomic E-state index is -0.101. The van der Waals surface area contributed by atoms with E-state index in [0.717, 1.165) is 35.9 Å². The van der Waals surface area contributed by atoms with Gasteiger partial charge in [0.2, 0.25) is 0 Å². The summed E-state index contributed by atoms with van der Waals surface area (Å²) in [5, 5.41) is 0. The van der Waals surface area contributed by atoms with Crippen molar-refractivity contribution < 1.29 is 14.4 Å². The molecule has 0 spiro atoms. The molecule has 1 saturated heterocycles. The van der Waals surface area contributed by atoms with E-state index in [1.165, 1.54) is 0 Å². The number of rotatable bonds is 5. The van der Waals surface area contributed by atoms with E-state index in [-0.39, 0.29) is 35.7 Å². The van der Waals surface area contributed by atoms with Crippen LogP contribution in [-0.4, -0.2) is 46.9 Å². The summed E-state index contributed by atoms with van der Waals surface area (Å²) in [6.45, 7) is 1.63. The van der Waals surface area contributed by atoms with E-state index in [4.69, 9.17) is 5.73 Å². The molecule has 0 radical (unpaired) electrons. The summed E-state index contributed by atoms with van der Waals surface area (Å²) in [7, 11) is 0. The number of hydrogen-bond donors (Lipinski definition) is 1. The van der Waals surface area contributed by atoms with Crippen LogP contribution in [0.25, 0.3) is 0 Å². The highest BCUT2D eigenvalue weighted by Crippen LogP contribution is 2.23. The summed E-state index contributed by atoms with van der Waals surface area (Å²) in [6.07, 6.45) is 4.43. The van der Waals surface area contributed by atoms with Crippen molar-refractivity contribution in [2.75, 3.05) is 29.6 Å². The molecule has 0 aliphatic carbocycles. The molecule has 0 aromatic rings. The van der Waals surface area contributed by atoms with E-state index in [9.17, 15) is 14.4 Å². The highest BCUT2D eigenvalue weighted by Gasteiger charge is 2.23. The van der Waals surface area contributed by atoms with Gasteiger partial charge in [-0.1, -0.05) is 0 Å². The van der Waals surface area contributed by atoms with Crippen molar-refractivity contribution in [2.45, 2.75) is 45.4 Å². The number of thioether (sulfide) groups is 2. The lowest BCUT2D eigenvalue weighted by atomic mass is 9.92. The molecule has 1 heterocycles. The quantitative estimate of drug-likeness (QED) is 0.813. The van der Waals surface area contributed by atoms with Gasteiger partial charge in [-0.25, -0.2) is 0 Å². The predicted molar refractivity (Wildman–Crippen MR) is 99.1 cm³/mol. The van der Waals surface area contributed by atoms with E-state index in [0.29, 0.717) is 25.7 Å². The number of ketones is 3. The molecule has 2 N–H and O–H groups in total. The Morgan fingerprint density at radius 2 is 1.83 bits per heavy atom. The molecule has 0 unspecified atom stereocenters. The van der Waals surface area contributed by atoms with Crippen molar-refractivity contribution >= 4 is 40.9 Å². The van der Waals surface area contributed by atoms with Gasteiger partial charge < -0.3 is 10.5 Å². The molecular formula is C17H29NO3S2. The topological polar surface area (TPSA) is 77.2 Å². The number of carbonyl (C=O) groups is 3. The van der Waals surface area contributed by atoms with Crippen LogP contribution in [0.2, 0.25) is 0 Å². The van der Waals surface area contributed by atoms with Gasteiger partial charge in [-0.15, -0.1) is 0 Å². The molecule has 0 aromatic heterocycles. The maximum absolute atomic E-state index is 12.5. The summed E-state index contributed by atoms with van der Waals surface area (Å²) in [4.78, 5) is 35.7. The van der Waals surface area contributed by atoms with Crippen molar-refractivity contribution in [3.8, 4) is 0 Å². The van der Waals surface area contributed by atoms with Gasteiger partial charge in [0.15, 0.2) is 0 Å². The first-order valence-electron chi connectivity index (χ1n) is 8.45. The molecule has 1 rings (SSSR count). The normalized spacial score (nSPS) is 25.0. The van der Waals surface area contributed by atoms with Crippen molar-refractivity contribution in [1.29, 1.82) is 0 Å². The monoisotopic (exact) mass is 359 g/mol. The van der Waals surface area contributed by atoms with Crippen LogP contribution in [0.1, 0.15) is 45.4 Å². The summed E-state index contributed by atoms with van der Waals surface area (Å²) < 4.78 is 0. The molecule has 23 heavy (non-hydrogen) atoms. The molecule has 4 nitrogen and oxygen atoms in total. The minimum Gasteiger partial charge on any atom is -0.324 e. The van der Waals surface area contributed by atoms with Crippen LogP contribution >= 0.6 is 23.5 Å². The summed E-state index contributed by atoms with van der Waals surface area (Å²) in [5.41, 5.74) is 5.50. The zero-order chi connectivity index (χ0) is 17.1. The molecule has 0 saturated carbocycles. The highest BCUT2D eigenvalue weighted by atomic mass is 32.2. The second-order valence-electron chi connectivity index (χ2n) is 6.17. The third-order valence-corrected chi connectivity index (χ3v) is 6.59. The van der Waals surface area contributed by atoms with Crippen molar-refractivity contribution in [3.05, 3.63) is 0 Å². The lowest BCUT2D eigenvalue weighted by molar-refractivity contribution is -0.124. The molecule has 2 atom stereocenters. The first-order valence-corrected chi connectivity index (χ1v) is 10.8. The molecular weight excluding hydrogens is 330 g/mol. The summed E-state index contributed by atoms with van der Waals surface area (Å²) in [5.74, 6) is 3.96. The largest absolute Gasteiger partial charge is 0.324 e. The van der Waals surface area contributed by atoms with Crippen molar-refractivity contribution in [1.82, 2.24) is 0 Å². The maximum Gasteiger partial charge on any atom is 0.150 e. The Kier molecular flexibility index (Phi) is 10.9. The highest BCUT2D eigenvalue weighted by molar-refractivity contribution is 7.99. The van der Waals surface area contributed by atoms with E-state index >= 15 is 0 Å². The molecule has 1 aliphatic heterocycles. The van der Waals surface area contributed by atoms with Gasteiger partial charge in [0.1, 0.15) is 17.3 Å². The molecule has 0 bridgehead atoms. The first kappa shape index (κ1) is 20.7. The van der Waals surface area contributed by atoms with Crippen molar-refractivity contribution in [2.24, 2.45) is 17.6 Å². The summed E-state index contributed by atoms with van der Waals surface area (Å²) >= 11 is 3.62. The van der Waals surface area contributed by atoms with Crippen LogP contribution in [-0.2, 0) is 14.4 Å². The maximum atomic E-state index is 12.5. The Balaban J connectivity index is 2.66. The lowest BCUT2D eigenvalue weighted by Crippen LogP contribution is -2.27. The van der Waals surface area contributed by atoms with Crippen LogP contribution in [0.5, 0.6) is 0 Å². The molecule has 1 aliphatic rings. The van der Waals surface area contributed by atoms with Gasteiger partial charge in [0, 0.05) is 36.2 Å². The number of carbonyl (C=O) groups excluding carboxylic acids is 3. The zero-order valence-electron chi connectivity index (χ0n) is 14.1. The van der Waals surface area contributed by atoms with Gasteiger partial charge in [-0.05, 0) is 44.1 Å². The fourth-order valence-electron chi connectivity index (χ4n) is 2.60. The third-order valence-electron chi connectivity index (χ3n) is 4.16. The van der Waals surface area contributed by atoms with Crippen LogP contribution < -0.4 is 5.73 Å². The van der Waals surface area contributed by atoms with Crippen LogP contribution in [0.4, 0.5) is 0 Å². The Bertz CT molecular complexity index is 401. The number of Topliss-reactive ketones (excluding diaryl/α,β-unsaturated/α-hetero) is 3. The van der Waals surface area contributed by atoms with Gasteiger partial charge in [-0.2, -0.15) is 23.5 Å². The Morgan fingerprint density at radius 1 is 1.17 bits per heavy atom. The van der Waals surface area contributed by atoms with E-state index < -0.39 is 0 Å². The molecule has 0 aromatic carbocycles. The van der Waals surface area contributed by atoms with Crippen molar-refractivity contribution in [3.63, 3.8) is 0 Å². The van der Waals surface area contributed by atoms with Gasteiger partial charge in [-0.3, -0.25) is 9.59 Å². The van der Waals surface area contributed by atoms with Gasteiger partial charge in [0.25, 0.3) is 0 Å². The minimum absolute atomic E-state index is 0.0501. The molecule has 1 fully saturated rings. The van der Waals surface area contributed by atoms with E-state index in [2.05, 4.69) is 0 Å². The fraction of sp³-hybridized carbons (Fsp3) is 0.824. The average Bonchev–Trinajstić information content (AvgIpc) is 2.54. The van der Waals surface area contributed by atoms with E-state index in [1.54, 1.807) is 18.7 Å². The smallest absolute Gasteiger partial charge is 0.150 e. The Labute approximate surface area is 148 Å². The van der Waals surface area contributed by atoms with Crippen LogP contribution in [0.15, 0.2) is 0 Å². The van der Waals surface area contributed by atoms with Gasteiger partial charge in [0.05, 0.1) is 6.54 Å². The first-order chi connectivity index (χ1) is 11.0. The molecule has 132 valence electrons. The standard InChI is InChI=1S/C17H29NO3S2/c1-13(19)4-5-14-11-22-8-2-3-9-23-12-15(17(21)10-18)6-7-16(14)20/h14-15H,2-12,18H2,1H3/t14-,15-/m0/s1. The molecule has 6 heteroatoms. The van der Waals surface area contributed by atoms with Gasteiger partial charge >= 0.3 is 0 Å². The fourth-order valence-corrected chi connectivity index (χ4v) is 5.02. The zero-order valence-corrected chi connectivity index (χ0v) is 15.7. The predicted octanol–water partition coefficient (Wildman–Crippen LogP) is 2.73. The van der Waals surface area contributed by atoms with E-state index in [1.807, 2.05) is 11.8 Å². The number of hydrogen-bond acceptors (Lipinski definition) is 6. The second kappa shape index (κ2) is 12.1. The Hall–Kier alpha value is -0.330. The lowest BCUT2D eigenvalue weighted by Gasteiger charge is -2.17. The van der Waals surface area contributed by atoms with Crippen LogP contribution in [0.3, 0.4) is 0 Å². The third kappa shape index (κ3) is 8.91. The Morgan fingerprint density at radius 3 is 2.43 bits per heavy atom. The summed E-state index contributed by atoms with van der Waals surface area (Å²) in [6, 6.07) is 0. The SMILES string of the molecule is CC(=O)CC[C@H]1CSCCCCSC[C@@H](C(=O)CN)CCC1=O. The average molecular weight is 360 g/mol. The van der Waals surface area contributed by atoms with Crippen LogP contribution in [0, 0.1) is 11.8 Å². The second-order valence-corrected chi connectivity index (χ2v) is 8.47. The number of nitrogens with two attached hydrogens (primary N) is 1.